The maximum atomic E-state index is 15.0. The van der Waals surface area contributed by atoms with E-state index in [2.05, 4.69) is 0 Å². The summed E-state index contributed by atoms with van der Waals surface area (Å²) in [4.78, 5) is 26.6. The Labute approximate surface area is 246 Å². The number of carbonyl (C=O) groups is 2. The van der Waals surface area contributed by atoms with Crippen LogP contribution in [-0.4, -0.2) is 17.9 Å². The lowest BCUT2D eigenvalue weighted by Gasteiger charge is -2.31. The summed E-state index contributed by atoms with van der Waals surface area (Å²) in [6.07, 6.45) is -1.59. The highest BCUT2D eigenvalue weighted by atomic mass is 31.2. The molecule has 0 amide bonds. The van der Waals surface area contributed by atoms with Crippen molar-refractivity contribution in [2.45, 2.75) is 25.0 Å². The highest BCUT2D eigenvalue weighted by molar-refractivity contribution is 7.74. The van der Waals surface area contributed by atoms with Gasteiger partial charge in [-0.25, -0.2) is 4.79 Å². The van der Waals surface area contributed by atoms with Gasteiger partial charge in [-0.2, -0.15) is 0 Å². The number of hydrogen-bond acceptors (Lipinski definition) is 5. The first-order chi connectivity index (χ1) is 20.5. The van der Waals surface area contributed by atoms with Gasteiger partial charge in [-0.3, -0.25) is 9.36 Å². The van der Waals surface area contributed by atoms with Crippen molar-refractivity contribution >= 4 is 29.7 Å². The van der Waals surface area contributed by atoms with E-state index < -0.39 is 25.5 Å². The van der Waals surface area contributed by atoms with Gasteiger partial charge in [-0.15, -0.1) is 0 Å². The number of benzene rings is 5. The SMILES string of the molecule is O=C(CC[C@H](OP(=O)(c1ccccc1)c1ccccc1)[C@@H](OC(=O)c1ccccc1)c1ccccc1)c1ccccc1. The minimum atomic E-state index is -3.70. The topological polar surface area (TPSA) is 69.7 Å². The Morgan fingerprint density at radius 3 is 1.50 bits per heavy atom. The zero-order chi connectivity index (χ0) is 29.2. The lowest BCUT2D eigenvalue weighted by atomic mass is 9.97. The predicted octanol–water partition coefficient (Wildman–Crippen LogP) is 7.56. The molecule has 210 valence electrons. The molecule has 0 saturated heterocycles. The molecule has 0 bridgehead atoms. The van der Waals surface area contributed by atoms with E-state index in [1.54, 1.807) is 60.7 Å². The molecule has 5 nitrogen and oxygen atoms in total. The first-order valence-electron chi connectivity index (χ1n) is 13.8. The maximum absolute atomic E-state index is 15.0. The zero-order valence-corrected chi connectivity index (χ0v) is 23.9. The highest BCUT2D eigenvalue weighted by Gasteiger charge is 2.38. The molecular formula is C36H31O5P. The van der Waals surface area contributed by atoms with E-state index in [9.17, 15) is 14.2 Å². The monoisotopic (exact) mass is 574 g/mol. The van der Waals surface area contributed by atoms with Crippen LogP contribution in [0.2, 0.25) is 0 Å². The molecule has 0 aliphatic rings. The minimum absolute atomic E-state index is 0.0837. The van der Waals surface area contributed by atoms with Crippen molar-refractivity contribution in [3.8, 4) is 0 Å². The van der Waals surface area contributed by atoms with Crippen LogP contribution in [0.25, 0.3) is 0 Å². The number of ketones is 1. The second kappa shape index (κ2) is 13.9. The van der Waals surface area contributed by atoms with Gasteiger partial charge >= 0.3 is 5.97 Å². The molecule has 0 N–H and O–H groups in total. The van der Waals surface area contributed by atoms with Crippen LogP contribution in [0.15, 0.2) is 152 Å². The van der Waals surface area contributed by atoms with E-state index in [0.717, 1.165) is 0 Å². The Morgan fingerprint density at radius 1 is 0.571 bits per heavy atom. The van der Waals surface area contributed by atoms with E-state index in [1.165, 1.54) is 0 Å². The van der Waals surface area contributed by atoms with Gasteiger partial charge in [0.05, 0.1) is 5.56 Å². The summed E-state index contributed by atoms with van der Waals surface area (Å²) in [5.41, 5.74) is 1.63. The van der Waals surface area contributed by atoms with Crippen LogP contribution in [0, 0.1) is 0 Å². The fourth-order valence-corrected chi connectivity index (χ4v) is 7.04. The molecule has 0 aliphatic carbocycles. The van der Waals surface area contributed by atoms with Gasteiger partial charge in [-0.05, 0) is 48.4 Å². The van der Waals surface area contributed by atoms with E-state index in [0.29, 0.717) is 27.3 Å². The van der Waals surface area contributed by atoms with Crippen LogP contribution in [0.4, 0.5) is 0 Å². The largest absolute Gasteiger partial charge is 0.451 e. The van der Waals surface area contributed by atoms with Crippen molar-refractivity contribution in [2.24, 2.45) is 0 Å². The van der Waals surface area contributed by atoms with Crippen LogP contribution in [-0.2, 0) is 13.8 Å². The predicted molar refractivity (Wildman–Crippen MR) is 166 cm³/mol. The molecule has 0 fully saturated rings. The zero-order valence-electron chi connectivity index (χ0n) is 23.0. The first-order valence-corrected chi connectivity index (χ1v) is 15.5. The Bertz CT molecular complexity index is 1580. The Balaban J connectivity index is 1.57. The quantitative estimate of drug-likeness (QED) is 0.0874. The normalized spacial score (nSPS) is 12.7. The van der Waals surface area contributed by atoms with Crippen LogP contribution in [0.5, 0.6) is 0 Å². The third-order valence-electron chi connectivity index (χ3n) is 6.94. The Hall–Kier alpha value is -4.57. The van der Waals surface area contributed by atoms with E-state index in [1.807, 2.05) is 91.0 Å². The second-order valence-electron chi connectivity index (χ2n) is 9.80. The number of carbonyl (C=O) groups excluding carboxylic acids is 2. The summed E-state index contributed by atoms with van der Waals surface area (Å²) in [5, 5.41) is 1.02. The fourth-order valence-electron chi connectivity index (χ4n) is 4.77. The number of hydrogen-bond donors (Lipinski definition) is 0. The van der Waals surface area contributed by atoms with E-state index in [-0.39, 0.29) is 18.6 Å². The summed E-state index contributed by atoms with van der Waals surface area (Å²) in [7, 11) is -3.70. The van der Waals surface area contributed by atoms with Gasteiger partial charge in [0, 0.05) is 22.6 Å². The van der Waals surface area contributed by atoms with Crippen LogP contribution < -0.4 is 10.6 Å². The average Bonchev–Trinajstić information content (AvgIpc) is 3.07. The molecule has 5 aromatic carbocycles. The first kappa shape index (κ1) is 28.9. The molecule has 0 aromatic heterocycles. The van der Waals surface area contributed by atoms with Gasteiger partial charge in [-0.1, -0.05) is 115 Å². The maximum Gasteiger partial charge on any atom is 0.338 e. The number of esters is 1. The molecule has 0 radical (unpaired) electrons. The van der Waals surface area contributed by atoms with Crippen LogP contribution >= 0.6 is 7.37 Å². The van der Waals surface area contributed by atoms with Gasteiger partial charge < -0.3 is 9.26 Å². The Morgan fingerprint density at radius 2 is 1.00 bits per heavy atom. The van der Waals surface area contributed by atoms with Gasteiger partial charge in [0.25, 0.3) is 7.37 Å². The minimum Gasteiger partial charge on any atom is -0.451 e. The smallest absolute Gasteiger partial charge is 0.338 e. The summed E-state index contributed by atoms with van der Waals surface area (Å²) in [5.74, 6) is -0.624. The molecule has 5 rings (SSSR count). The summed E-state index contributed by atoms with van der Waals surface area (Å²) in [6, 6.07) is 45.0. The molecule has 0 heterocycles. The van der Waals surface area contributed by atoms with Crippen LogP contribution in [0.3, 0.4) is 0 Å². The standard InChI is InChI=1S/C36H31O5P/c37-33(28-16-6-1-7-17-28)26-27-34(41-42(39,31-22-12-4-13-23-31)32-24-14-5-15-25-32)35(29-18-8-2-9-19-29)40-36(38)30-20-10-3-11-21-30/h1-25,34-35H,26-27H2/t34-,35-/m0/s1. The number of rotatable bonds is 12. The molecule has 0 saturated carbocycles. The van der Waals surface area contributed by atoms with Crippen molar-refractivity contribution < 1.29 is 23.4 Å². The summed E-state index contributed by atoms with van der Waals surface area (Å²) in [6.45, 7) is 0. The molecule has 42 heavy (non-hydrogen) atoms. The average molecular weight is 575 g/mol. The van der Waals surface area contributed by atoms with Gasteiger partial charge in [0.1, 0.15) is 6.10 Å². The third kappa shape index (κ3) is 7.01. The van der Waals surface area contributed by atoms with Gasteiger partial charge in [0.2, 0.25) is 0 Å². The molecule has 0 unspecified atom stereocenters. The Kier molecular flexibility index (Phi) is 9.55. The lowest BCUT2D eigenvalue weighted by molar-refractivity contribution is -0.0116. The van der Waals surface area contributed by atoms with Crippen molar-refractivity contribution in [3.63, 3.8) is 0 Å². The molecule has 0 aliphatic heterocycles. The molecule has 2 atom stereocenters. The number of Topliss-reactive ketones (excluding diaryl/α,β-unsaturated/α-hetero) is 1. The van der Waals surface area contributed by atoms with Crippen molar-refractivity contribution in [2.75, 3.05) is 0 Å². The highest BCUT2D eigenvalue weighted by Crippen LogP contribution is 2.49. The molecule has 0 spiro atoms. The van der Waals surface area contributed by atoms with Crippen molar-refractivity contribution in [1.82, 2.24) is 0 Å². The summed E-state index contributed by atoms with van der Waals surface area (Å²) >= 11 is 0. The second-order valence-corrected chi connectivity index (χ2v) is 12.1. The lowest BCUT2D eigenvalue weighted by Crippen LogP contribution is -2.31. The fraction of sp³-hybridized carbons (Fsp3) is 0.111. The van der Waals surface area contributed by atoms with Crippen molar-refractivity contribution in [3.05, 3.63) is 168 Å². The molecule has 5 aromatic rings. The molecular weight excluding hydrogens is 543 g/mol. The third-order valence-corrected chi connectivity index (χ3v) is 9.46. The van der Waals surface area contributed by atoms with Crippen LogP contribution in [0.1, 0.15) is 45.2 Å². The number of ether oxygens (including phenoxy) is 1. The van der Waals surface area contributed by atoms with E-state index in [4.69, 9.17) is 9.26 Å². The van der Waals surface area contributed by atoms with Gasteiger partial charge in [0.15, 0.2) is 11.9 Å². The van der Waals surface area contributed by atoms with Crippen molar-refractivity contribution in [1.29, 1.82) is 0 Å². The molecule has 6 heteroatoms. The summed E-state index contributed by atoms with van der Waals surface area (Å²) < 4.78 is 27.8. The van der Waals surface area contributed by atoms with E-state index >= 15 is 0 Å².